The van der Waals surface area contributed by atoms with Crippen molar-refractivity contribution in [1.82, 2.24) is 0 Å². The van der Waals surface area contributed by atoms with Crippen LogP contribution in [0.5, 0.6) is 0 Å². The lowest BCUT2D eigenvalue weighted by Crippen LogP contribution is -2.24. The molecule has 0 aliphatic heterocycles. The third kappa shape index (κ3) is 2.84. The molecule has 0 aromatic heterocycles. The molecule has 1 nitrogen and oxygen atoms in total. The van der Waals surface area contributed by atoms with Gasteiger partial charge in [0.1, 0.15) is 0 Å². The van der Waals surface area contributed by atoms with E-state index in [0.717, 1.165) is 18.3 Å². The van der Waals surface area contributed by atoms with Gasteiger partial charge >= 0.3 is 0 Å². The maximum absolute atomic E-state index is 8.94. The monoisotopic (exact) mass is 182 g/mol. The lowest BCUT2D eigenvalue weighted by Gasteiger charge is -2.34. The van der Waals surface area contributed by atoms with Crippen molar-refractivity contribution < 1.29 is 5.11 Å². The Kier molecular flexibility index (Phi) is 3.98. The largest absolute Gasteiger partial charge is 0.396 e. The minimum Gasteiger partial charge on any atom is -0.396 e. The highest BCUT2D eigenvalue weighted by atomic mass is 16.3. The van der Waals surface area contributed by atoms with Crippen molar-refractivity contribution in [3.8, 4) is 0 Å². The zero-order chi connectivity index (χ0) is 9.84. The van der Waals surface area contributed by atoms with Crippen molar-refractivity contribution in [2.75, 3.05) is 6.61 Å². The van der Waals surface area contributed by atoms with Crippen LogP contribution in [0.4, 0.5) is 0 Å². The fourth-order valence-electron chi connectivity index (χ4n) is 2.43. The Bertz CT molecular complexity index is 174. The van der Waals surface area contributed by atoms with E-state index >= 15 is 0 Å². The molecular weight excluding hydrogens is 160 g/mol. The molecule has 1 heteroatoms. The van der Waals surface area contributed by atoms with Gasteiger partial charge in [-0.2, -0.15) is 0 Å². The lowest BCUT2D eigenvalue weighted by molar-refractivity contribution is 0.162. The smallest absolute Gasteiger partial charge is 0.0433 e. The molecule has 1 N–H and O–H groups in total. The Morgan fingerprint density at radius 2 is 2.15 bits per heavy atom. The molecule has 0 heterocycles. The minimum absolute atomic E-state index is 0.345. The Labute approximate surface area is 81.9 Å². The van der Waals surface area contributed by atoms with Gasteiger partial charge in [0.2, 0.25) is 0 Å². The second-order valence-electron chi connectivity index (χ2n) is 4.61. The van der Waals surface area contributed by atoms with Gasteiger partial charge < -0.3 is 5.11 Å². The molecular formula is C12H22O. The van der Waals surface area contributed by atoms with Crippen LogP contribution < -0.4 is 0 Å². The standard InChI is InChI=1S/C12H22O/c1-9(2)11-5-4-10(3)12(8-11)6-7-13/h10-13H,1,4-8H2,2-3H3/t10-,11-,12-/m1/s1. The summed E-state index contributed by atoms with van der Waals surface area (Å²) in [6.45, 7) is 8.83. The van der Waals surface area contributed by atoms with Crippen molar-refractivity contribution in [2.24, 2.45) is 17.8 Å². The van der Waals surface area contributed by atoms with Crippen molar-refractivity contribution in [2.45, 2.75) is 39.5 Å². The van der Waals surface area contributed by atoms with E-state index in [1.807, 2.05) is 0 Å². The summed E-state index contributed by atoms with van der Waals surface area (Å²) >= 11 is 0. The molecule has 1 aliphatic rings. The maximum Gasteiger partial charge on any atom is 0.0433 e. The molecule has 0 aromatic carbocycles. The molecule has 0 spiro atoms. The molecule has 76 valence electrons. The Morgan fingerprint density at radius 1 is 1.46 bits per heavy atom. The summed E-state index contributed by atoms with van der Waals surface area (Å²) in [5.74, 6) is 2.23. The van der Waals surface area contributed by atoms with Crippen LogP contribution in [-0.4, -0.2) is 11.7 Å². The first kappa shape index (κ1) is 10.8. The van der Waals surface area contributed by atoms with Crippen LogP contribution in [0, 0.1) is 17.8 Å². The van der Waals surface area contributed by atoms with E-state index in [4.69, 9.17) is 5.11 Å². The SMILES string of the molecule is C=C(C)[C@@H]1CC[C@@H](C)[C@H](CCO)C1. The van der Waals surface area contributed by atoms with Crippen molar-refractivity contribution in [1.29, 1.82) is 0 Å². The van der Waals surface area contributed by atoms with Gasteiger partial charge in [-0.25, -0.2) is 0 Å². The minimum atomic E-state index is 0.345. The highest BCUT2D eigenvalue weighted by Gasteiger charge is 2.27. The number of allylic oxidation sites excluding steroid dienone is 1. The summed E-state index contributed by atoms with van der Waals surface area (Å²) in [4.78, 5) is 0. The van der Waals surface area contributed by atoms with E-state index in [0.29, 0.717) is 12.5 Å². The average molecular weight is 182 g/mol. The van der Waals surface area contributed by atoms with Gasteiger partial charge in [-0.15, -0.1) is 0 Å². The van der Waals surface area contributed by atoms with Crippen LogP contribution in [0.1, 0.15) is 39.5 Å². The molecule has 3 atom stereocenters. The van der Waals surface area contributed by atoms with Gasteiger partial charge in [0.05, 0.1) is 0 Å². The fourth-order valence-corrected chi connectivity index (χ4v) is 2.43. The molecule has 1 saturated carbocycles. The molecule has 1 fully saturated rings. The van der Waals surface area contributed by atoms with Crippen molar-refractivity contribution >= 4 is 0 Å². The topological polar surface area (TPSA) is 20.2 Å². The van der Waals surface area contributed by atoms with Gasteiger partial charge in [0.15, 0.2) is 0 Å². The van der Waals surface area contributed by atoms with Crippen LogP contribution in [0.15, 0.2) is 12.2 Å². The van der Waals surface area contributed by atoms with E-state index in [9.17, 15) is 0 Å². The van der Waals surface area contributed by atoms with E-state index in [1.165, 1.54) is 24.8 Å². The summed E-state index contributed by atoms with van der Waals surface area (Å²) in [6.07, 6.45) is 4.84. The summed E-state index contributed by atoms with van der Waals surface area (Å²) in [7, 11) is 0. The van der Waals surface area contributed by atoms with E-state index in [-0.39, 0.29) is 0 Å². The number of hydrogen-bond donors (Lipinski definition) is 1. The fraction of sp³-hybridized carbons (Fsp3) is 0.833. The Balaban J connectivity index is 2.47. The van der Waals surface area contributed by atoms with Crippen molar-refractivity contribution in [3.05, 3.63) is 12.2 Å². The summed E-state index contributed by atoms with van der Waals surface area (Å²) in [5.41, 5.74) is 1.33. The normalized spacial score (nSPS) is 34.5. The highest BCUT2D eigenvalue weighted by molar-refractivity contribution is 4.99. The molecule has 1 rings (SSSR count). The third-order valence-corrected chi connectivity index (χ3v) is 3.56. The first-order chi connectivity index (χ1) is 6.15. The van der Waals surface area contributed by atoms with E-state index in [2.05, 4.69) is 20.4 Å². The quantitative estimate of drug-likeness (QED) is 0.665. The highest BCUT2D eigenvalue weighted by Crippen LogP contribution is 2.38. The molecule has 0 aromatic rings. The van der Waals surface area contributed by atoms with Crippen LogP contribution in [0.2, 0.25) is 0 Å². The van der Waals surface area contributed by atoms with Gasteiger partial charge in [0, 0.05) is 6.61 Å². The third-order valence-electron chi connectivity index (χ3n) is 3.56. The van der Waals surface area contributed by atoms with Crippen LogP contribution in [0.25, 0.3) is 0 Å². The van der Waals surface area contributed by atoms with Gasteiger partial charge in [-0.1, -0.05) is 19.1 Å². The van der Waals surface area contributed by atoms with Crippen LogP contribution in [0.3, 0.4) is 0 Å². The summed E-state index contributed by atoms with van der Waals surface area (Å²) < 4.78 is 0. The molecule has 0 radical (unpaired) electrons. The number of aliphatic hydroxyl groups excluding tert-OH is 1. The van der Waals surface area contributed by atoms with Crippen LogP contribution >= 0.6 is 0 Å². The molecule has 0 unspecified atom stereocenters. The van der Waals surface area contributed by atoms with Gasteiger partial charge in [0.25, 0.3) is 0 Å². The zero-order valence-electron chi connectivity index (χ0n) is 8.92. The predicted octanol–water partition coefficient (Wildman–Crippen LogP) is 3.00. The number of rotatable bonds is 3. The van der Waals surface area contributed by atoms with E-state index < -0.39 is 0 Å². The molecule has 0 bridgehead atoms. The molecule has 13 heavy (non-hydrogen) atoms. The number of hydrogen-bond acceptors (Lipinski definition) is 1. The maximum atomic E-state index is 8.94. The second-order valence-corrected chi connectivity index (χ2v) is 4.61. The van der Waals surface area contributed by atoms with Gasteiger partial charge in [-0.3, -0.25) is 0 Å². The van der Waals surface area contributed by atoms with Crippen LogP contribution in [-0.2, 0) is 0 Å². The molecule has 0 amide bonds. The first-order valence-corrected chi connectivity index (χ1v) is 5.41. The molecule has 1 aliphatic carbocycles. The second kappa shape index (κ2) is 4.80. The molecule has 0 saturated heterocycles. The zero-order valence-corrected chi connectivity index (χ0v) is 8.92. The average Bonchev–Trinajstić information content (AvgIpc) is 2.08. The number of aliphatic hydroxyl groups is 1. The summed E-state index contributed by atoms with van der Waals surface area (Å²) in [6, 6.07) is 0. The van der Waals surface area contributed by atoms with Gasteiger partial charge in [-0.05, 0) is 50.4 Å². The first-order valence-electron chi connectivity index (χ1n) is 5.41. The Morgan fingerprint density at radius 3 is 2.69 bits per heavy atom. The summed E-state index contributed by atoms with van der Waals surface area (Å²) in [5, 5.41) is 8.94. The van der Waals surface area contributed by atoms with E-state index in [1.54, 1.807) is 0 Å². The lowest BCUT2D eigenvalue weighted by atomic mass is 9.72. The predicted molar refractivity (Wildman–Crippen MR) is 56.5 cm³/mol. The van der Waals surface area contributed by atoms with Crippen molar-refractivity contribution in [3.63, 3.8) is 0 Å². The Hall–Kier alpha value is -0.300.